The van der Waals surface area contributed by atoms with Crippen LogP contribution in [0.1, 0.15) is 44.6 Å². The van der Waals surface area contributed by atoms with Gasteiger partial charge in [-0.15, -0.1) is 0 Å². The van der Waals surface area contributed by atoms with Crippen LogP contribution in [0.3, 0.4) is 0 Å². The van der Waals surface area contributed by atoms with Crippen LogP contribution in [0, 0.1) is 10.8 Å². The van der Waals surface area contributed by atoms with Gasteiger partial charge in [0.25, 0.3) is 0 Å². The first-order chi connectivity index (χ1) is 5.95. The molecule has 9 nitrogen and oxygen atoms in total. The minimum absolute atomic E-state index is 0. The third kappa shape index (κ3) is 1260. The highest BCUT2D eigenvalue weighted by Crippen LogP contribution is 1.51. The Hall–Kier alpha value is -2.50. The van der Waals surface area contributed by atoms with Gasteiger partial charge in [0, 0.05) is 0 Å². The number of amides is 4. The molecule has 19 heavy (non-hydrogen) atoms. The molecule has 0 aliphatic heterocycles. The molecule has 0 heterocycles. The maximum atomic E-state index is 9.62. The largest absolute Gasteiger partial charge is 0.351 e. The van der Waals surface area contributed by atoms with Crippen LogP contribution in [0.4, 0.5) is 9.59 Å². The summed E-state index contributed by atoms with van der Waals surface area (Å²) in [5.74, 6) is 0. The van der Waals surface area contributed by atoms with Gasteiger partial charge in [0.15, 0.2) is 0 Å². The molecule has 120 valence electrons. The topological polar surface area (TPSA) is 180 Å². The Labute approximate surface area is 116 Å². The second-order valence-corrected chi connectivity index (χ2v) is 1.06. The minimum Gasteiger partial charge on any atom is -0.351 e. The Bertz CT molecular complexity index is 208. The van der Waals surface area contributed by atoms with Crippen LogP contribution in [0.5, 0.6) is 0 Å². The summed E-state index contributed by atoms with van der Waals surface area (Å²) in [6.07, 6.45) is 1.50. The summed E-state index contributed by atoms with van der Waals surface area (Å²) in [6.45, 7) is 0. The molecular weight excluding hydrogens is 254 g/mol. The van der Waals surface area contributed by atoms with E-state index < -0.39 is 12.1 Å². The van der Waals surface area contributed by atoms with Crippen LogP contribution in [0.15, 0.2) is 0 Å². The monoisotopic (exact) mass is 285 g/mol. The second-order valence-electron chi connectivity index (χ2n) is 1.06. The summed E-state index contributed by atoms with van der Waals surface area (Å²) in [7, 11) is 0. The number of nitrogens with one attached hydrogen (secondary N) is 3. The second kappa shape index (κ2) is 77.1. The molecule has 0 saturated heterocycles. The number of carbonyl (C=O) groups excluding carboxylic acids is 4. The molecule has 0 unspecified atom stereocenters. The van der Waals surface area contributed by atoms with E-state index in [2.05, 4.69) is 11.5 Å². The van der Waals surface area contributed by atoms with E-state index >= 15 is 0 Å². The van der Waals surface area contributed by atoms with Crippen LogP contribution in [-0.4, -0.2) is 24.2 Å². The lowest BCUT2D eigenvalue weighted by atomic mass is 10.9. The van der Waals surface area contributed by atoms with Gasteiger partial charge in [-0.05, 0) is 0 Å². The first-order valence-corrected chi connectivity index (χ1v) is 2.39. The van der Waals surface area contributed by atoms with Crippen molar-refractivity contribution in [2.45, 2.75) is 44.6 Å². The van der Waals surface area contributed by atoms with Gasteiger partial charge in [-0.3, -0.25) is 5.32 Å². The van der Waals surface area contributed by atoms with Crippen LogP contribution < -0.4 is 16.8 Å². The number of imide groups is 1. The predicted molar refractivity (Wildman–Crippen MR) is 79.5 cm³/mol. The molecule has 0 spiro atoms. The third-order valence-electron chi connectivity index (χ3n) is 0.246. The van der Waals surface area contributed by atoms with E-state index in [9.17, 15) is 9.59 Å². The lowest BCUT2D eigenvalue weighted by Gasteiger charge is -1.88. The lowest BCUT2D eigenvalue weighted by molar-refractivity contribution is 0.236. The Morgan fingerprint density at radius 3 is 0.842 bits per heavy atom. The molecule has 0 rings (SSSR count). The van der Waals surface area contributed by atoms with Crippen LogP contribution in [0.25, 0.3) is 0 Å². The van der Waals surface area contributed by atoms with E-state index in [0.29, 0.717) is 0 Å². The number of carbonyl (C=O) groups is 2. The summed E-state index contributed by atoms with van der Waals surface area (Å²) in [4.78, 5) is 35.9. The summed E-state index contributed by atoms with van der Waals surface area (Å²) < 4.78 is 0. The van der Waals surface area contributed by atoms with E-state index in [-0.39, 0.29) is 44.6 Å². The average Bonchev–Trinajstić information content (AvgIpc) is 1.86. The van der Waals surface area contributed by atoms with Crippen LogP contribution >= 0.6 is 0 Å². The van der Waals surface area contributed by atoms with Crippen LogP contribution in [-0.2, 0) is 9.59 Å². The zero-order chi connectivity index (χ0) is 11.3. The first-order valence-electron chi connectivity index (χ1n) is 2.39. The first kappa shape index (κ1) is 70.5. The minimum atomic E-state index is -0.938. The summed E-state index contributed by atoms with van der Waals surface area (Å²) in [6, 6.07) is -1.88. The fourth-order valence-electron chi connectivity index (χ4n) is 0.121. The van der Waals surface area contributed by atoms with Gasteiger partial charge in [0.05, 0.1) is 0 Å². The fraction of sp³-hybridized carbons (Fsp3) is 0.600. The quantitative estimate of drug-likeness (QED) is 0.338. The van der Waals surface area contributed by atoms with Crippen molar-refractivity contribution in [3.63, 3.8) is 0 Å². The fourth-order valence-corrected chi connectivity index (χ4v) is 0.121. The highest BCUT2D eigenvalue weighted by molar-refractivity contribution is 5.91. The third-order valence-corrected chi connectivity index (χ3v) is 0.246. The molecule has 9 heteroatoms. The van der Waals surface area contributed by atoms with Gasteiger partial charge in [0.2, 0.25) is 12.2 Å². The Morgan fingerprint density at radius 2 is 0.842 bits per heavy atom. The molecule has 0 fully saturated rings. The molecular formula is C10H31N5O4. The molecule has 0 radical (unpaired) electrons. The van der Waals surface area contributed by atoms with Gasteiger partial charge in [0.1, 0.15) is 0 Å². The number of hydrogen-bond acceptors (Lipinski definition) is 6. The summed E-state index contributed by atoms with van der Waals surface area (Å²) in [5.41, 5.74) is 8.88. The van der Waals surface area contributed by atoms with Gasteiger partial charge in [-0.1, -0.05) is 44.6 Å². The van der Waals surface area contributed by atoms with Crippen molar-refractivity contribution in [3.05, 3.63) is 0 Å². The van der Waals surface area contributed by atoms with Gasteiger partial charge >= 0.3 is 12.1 Å². The number of nitrogens with two attached hydrogens (primary N) is 2. The van der Waals surface area contributed by atoms with E-state index in [1.807, 2.05) is 0 Å². The van der Waals surface area contributed by atoms with Gasteiger partial charge in [-0.25, -0.2) is 30.0 Å². The number of urea groups is 2. The predicted octanol–water partition coefficient (Wildman–Crippen LogP) is 2.35. The van der Waals surface area contributed by atoms with Crippen molar-refractivity contribution in [1.29, 1.82) is 10.8 Å². The highest BCUT2D eigenvalue weighted by atomic mass is 16.2. The maximum Gasteiger partial charge on any atom is 0.320 e. The maximum absolute atomic E-state index is 9.62. The Kier molecular flexibility index (Phi) is 286. The van der Waals surface area contributed by atoms with Gasteiger partial charge in [-0.2, -0.15) is 0 Å². The Morgan fingerprint density at radius 1 is 0.737 bits per heavy atom. The van der Waals surface area contributed by atoms with Gasteiger partial charge < -0.3 is 11.5 Å². The number of primary amides is 2. The SMILES string of the molecule is C.C.C.C.C.C.N=C=O.N=C=O.NC(=O)NC(N)=O. The zero-order valence-corrected chi connectivity index (χ0v) is 6.29. The summed E-state index contributed by atoms with van der Waals surface area (Å²) >= 11 is 0. The molecule has 0 saturated carbocycles. The molecule has 0 aromatic rings. The van der Waals surface area contributed by atoms with Crippen molar-refractivity contribution in [1.82, 2.24) is 5.32 Å². The van der Waals surface area contributed by atoms with E-state index in [1.54, 1.807) is 5.32 Å². The van der Waals surface area contributed by atoms with E-state index in [1.165, 1.54) is 0 Å². The molecule has 0 atom stereocenters. The number of isocyanates is 2. The highest BCUT2D eigenvalue weighted by Gasteiger charge is 1.92. The normalized spacial score (nSPS) is 3.58. The van der Waals surface area contributed by atoms with E-state index in [4.69, 9.17) is 20.4 Å². The van der Waals surface area contributed by atoms with Crippen molar-refractivity contribution < 1.29 is 19.2 Å². The number of hydrogen-bond donors (Lipinski definition) is 5. The smallest absolute Gasteiger partial charge is 0.320 e. The molecule has 0 aliphatic carbocycles. The molecule has 0 aromatic heterocycles. The van der Waals surface area contributed by atoms with Crippen molar-refractivity contribution in [2.75, 3.05) is 0 Å². The van der Waals surface area contributed by atoms with Crippen molar-refractivity contribution in [2.24, 2.45) is 11.5 Å². The lowest BCUT2D eigenvalue weighted by Crippen LogP contribution is -2.38. The number of rotatable bonds is 0. The van der Waals surface area contributed by atoms with Crippen LogP contribution in [0.2, 0.25) is 0 Å². The summed E-state index contributed by atoms with van der Waals surface area (Å²) in [5, 5.41) is 12.4. The average molecular weight is 285 g/mol. The molecule has 4 amide bonds. The van der Waals surface area contributed by atoms with Crippen molar-refractivity contribution in [3.8, 4) is 0 Å². The molecule has 0 aromatic carbocycles. The molecule has 0 aliphatic rings. The Balaban J connectivity index is -0.0000000107. The molecule has 0 bridgehead atoms. The molecule has 7 N–H and O–H groups in total. The standard InChI is InChI=1S/C2H5N3O2.2CHNO.6CH4/c3-1(6)5-2(4)7;2*2-1-3;;;;;;/h(H5,3,4,5,6,7);2*2H;6*1H4. The van der Waals surface area contributed by atoms with Crippen molar-refractivity contribution >= 4 is 24.2 Å². The zero-order valence-electron chi connectivity index (χ0n) is 6.29. The van der Waals surface area contributed by atoms with E-state index in [0.717, 1.165) is 12.2 Å².